The summed E-state index contributed by atoms with van der Waals surface area (Å²) in [6.07, 6.45) is 0.283. The molecule has 0 amide bonds. The van der Waals surface area contributed by atoms with Crippen molar-refractivity contribution in [2.45, 2.75) is 12.3 Å². The molecule has 0 N–H and O–H groups in total. The minimum absolute atomic E-state index is 0.145. The van der Waals surface area contributed by atoms with Crippen molar-refractivity contribution in [3.8, 4) is 11.9 Å². The molecule has 1 aromatic carbocycles. The fourth-order valence-electron chi connectivity index (χ4n) is 3.28. The summed E-state index contributed by atoms with van der Waals surface area (Å²) in [6, 6.07) is 7.40. The van der Waals surface area contributed by atoms with Gasteiger partial charge in [0.2, 0.25) is 17.7 Å². The number of halogens is 3. The third-order valence-corrected chi connectivity index (χ3v) is 4.34. The third kappa shape index (κ3) is 1.99. The minimum Gasteiger partial charge on any atom is -0.284 e. The van der Waals surface area contributed by atoms with E-state index >= 15 is 0 Å². The van der Waals surface area contributed by atoms with Crippen LogP contribution in [-0.4, -0.2) is 30.9 Å². The second kappa shape index (κ2) is 5.07. The predicted molar refractivity (Wildman–Crippen MR) is 85.8 cm³/mol. The number of hydrogen-bond acceptors (Lipinski definition) is 7. The molecule has 12 heteroatoms. The highest BCUT2D eigenvalue weighted by molar-refractivity contribution is 5.87. The Kier molecular flexibility index (Phi) is 2.89. The average Bonchev–Trinajstić information content (AvgIpc) is 3.36. The number of aromatic nitrogens is 5. The van der Waals surface area contributed by atoms with Crippen molar-refractivity contribution in [1.82, 2.24) is 24.5 Å². The first-order chi connectivity index (χ1) is 13.0. The number of rotatable bonds is 1. The number of hydrogen-bond donors (Lipinski definition) is 0. The van der Waals surface area contributed by atoms with Crippen LogP contribution in [0.25, 0.3) is 5.69 Å². The van der Waals surface area contributed by atoms with Crippen LogP contribution in [0.5, 0.6) is 0 Å². The van der Waals surface area contributed by atoms with Crippen molar-refractivity contribution in [3.05, 3.63) is 48.0 Å². The molecule has 134 valence electrons. The maximum absolute atomic E-state index is 13.5. The number of nitrogens with zero attached hydrogens (tertiary/aromatic N) is 9. The monoisotopic (exact) mass is 371 g/mol. The summed E-state index contributed by atoms with van der Waals surface area (Å²) in [6.45, 7) is 0. The Bertz CT molecular complexity index is 1120. The van der Waals surface area contributed by atoms with Crippen LogP contribution in [0.15, 0.2) is 41.8 Å². The van der Waals surface area contributed by atoms with Crippen LogP contribution >= 0.6 is 0 Å². The molecule has 0 saturated carbocycles. The van der Waals surface area contributed by atoms with Gasteiger partial charge in [-0.05, 0) is 11.3 Å². The van der Waals surface area contributed by atoms with E-state index in [9.17, 15) is 13.2 Å². The van der Waals surface area contributed by atoms with Gasteiger partial charge in [0.1, 0.15) is 12.7 Å². The number of aliphatic imine (C=N–C) groups is 1. The highest BCUT2D eigenvalue weighted by Crippen LogP contribution is 2.44. The zero-order valence-corrected chi connectivity index (χ0v) is 13.3. The summed E-state index contributed by atoms with van der Waals surface area (Å²) in [5.41, 5.74) is 0.354. The summed E-state index contributed by atoms with van der Waals surface area (Å²) in [5.74, 6) is -0.0294. The lowest BCUT2D eigenvalue weighted by molar-refractivity contribution is -0.142. The molecule has 1 atom stereocenters. The molecular weight excluding hydrogens is 363 g/mol. The molecule has 9 nitrogen and oxygen atoms in total. The molecule has 2 aliphatic heterocycles. The summed E-state index contributed by atoms with van der Waals surface area (Å²) in [4.78, 5) is 8.46. The summed E-state index contributed by atoms with van der Waals surface area (Å²) in [7, 11) is 0. The van der Waals surface area contributed by atoms with E-state index in [1.807, 2.05) is 24.3 Å². The van der Waals surface area contributed by atoms with Crippen molar-refractivity contribution in [1.29, 1.82) is 5.26 Å². The van der Waals surface area contributed by atoms with E-state index in [2.05, 4.69) is 20.3 Å². The van der Waals surface area contributed by atoms with Gasteiger partial charge < -0.3 is 0 Å². The maximum atomic E-state index is 13.5. The zero-order chi connectivity index (χ0) is 18.8. The highest BCUT2D eigenvalue weighted by Gasteiger charge is 2.46. The van der Waals surface area contributed by atoms with E-state index in [1.54, 1.807) is 10.9 Å². The van der Waals surface area contributed by atoms with E-state index in [-0.39, 0.29) is 4.68 Å². The van der Waals surface area contributed by atoms with Crippen LogP contribution < -0.4 is 10.0 Å². The van der Waals surface area contributed by atoms with Gasteiger partial charge in [-0.15, -0.1) is 9.78 Å². The van der Waals surface area contributed by atoms with E-state index in [0.29, 0.717) is 5.82 Å². The molecule has 0 spiro atoms. The first kappa shape index (κ1) is 15.4. The Labute approximate surface area is 149 Å². The molecule has 4 heterocycles. The second-order valence-electron chi connectivity index (χ2n) is 5.78. The Balaban J connectivity index is 1.69. The number of hydrazine groups is 1. The fraction of sp³-hybridized carbons (Fsp3) is 0.133. The van der Waals surface area contributed by atoms with Gasteiger partial charge in [-0.2, -0.15) is 18.4 Å². The molecule has 0 radical (unpaired) electrons. The molecule has 0 fully saturated rings. The number of nitriles is 1. The standard InChI is InChI=1S/C15H8F3N9/c16-15(17,18)12-14(22-23-25(12)6-19)26-8-21-13-9-3-1-2-4-10(9)24-7-20-5-11(24)27(13)26/h1-5,7-8,13H. The third-order valence-electron chi connectivity index (χ3n) is 4.34. The summed E-state index contributed by atoms with van der Waals surface area (Å²) >= 11 is 0. The van der Waals surface area contributed by atoms with Crippen molar-refractivity contribution in [2.75, 3.05) is 10.0 Å². The maximum Gasteiger partial charge on any atom is 0.438 e. The number of para-hydroxylation sites is 1. The van der Waals surface area contributed by atoms with E-state index < -0.39 is 23.9 Å². The Morgan fingerprint density at radius 1 is 1.19 bits per heavy atom. The largest absolute Gasteiger partial charge is 0.438 e. The van der Waals surface area contributed by atoms with E-state index in [4.69, 9.17) is 5.26 Å². The van der Waals surface area contributed by atoms with Gasteiger partial charge in [-0.1, -0.05) is 18.2 Å². The van der Waals surface area contributed by atoms with E-state index in [0.717, 1.165) is 16.3 Å². The molecule has 0 saturated heterocycles. The van der Waals surface area contributed by atoms with Crippen LogP contribution in [0.4, 0.5) is 24.8 Å². The van der Waals surface area contributed by atoms with Crippen LogP contribution in [0.3, 0.4) is 0 Å². The zero-order valence-electron chi connectivity index (χ0n) is 13.3. The van der Waals surface area contributed by atoms with Crippen molar-refractivity contribution >= 4 is 18.0 Å². The van der Waals surface area contributed by atoms with Gasteiger partial charge in [0.05, 0.1) is 11.9 Å². The molecule has 5 rings (SSSR count). The molecule has 27 heavy (non-hydrogen) atoms. The normalized spacial score (nSPS) is 17.5. The molecular formula is C15H8F3N9. The summed E-state index contributed by atoms with van der Waals surface area (Å²) in [5, 5.41) is 18.5. The predicted octanol–water partition coefficient (Wildman–Crippen LogP) is 2.09. The molecule has 2 aliphatic rings. The Hall–Kier alpha value is -3.88. The number of anilines is 2. The molecule has 3 aromatic rings. The molecule has 1 unspecified atom stereocenters. The lowest BCUT2D eigenvalue weighted by Crippen LogP contribution is -2.43. The smallest absolute Gasteiger partial charge is 0.284 e. The number of benzene rings is 1. The number of imidazole rings is 1. The topological polar surface area (TPSA) is 91.2 Å². The highest BCUT2D eigenvalue weighted by atomic mass is 19.4. The van der Waals surface area contributed by atoms with Crippen molar-refractivity contribution in [3.63, 3.8) is 0 Å². The second-order valence-corrected chi connectivity index (χ2v) is 5.78. The molecule has 0 aliphatic carbocycles. The molecule has 2 aromatic heterocycles. The number of fused-ring (bicyclic) bond motifs is 6. The Morgan fingerprint density at radius 2 is 2.00 bits per heavy atom. The van der Waals surface area contributed by atoms with Gasteiger partial charge >= 0.3 is 6.18 Å². The van der Waals surface area contributed by atoms with Crippen LogP contribution in [0, 0.1) is 11.5 Å². The van der Waals surface area contributed by atoms with Crippen molar-refractivity contribution in [2.24, 2.45) is 4.99 Å². The first-order valence-electron chi connectivity index (χ1n) is 7.67. The van der Waals surface area contributed by atoms with Crippen molar-refractivity contribution < 1.29 is 13.2 Å². The van der Waals surface area contributed by atoms with Gasteiger partial charge in [0, 0.05) is 5.56 Å². The lowest BCUT2D eigenvalue weighted by Gasteiger charge is -2.36. The van der Waals surface area contributed by atoms with Gasteiger partial charge in [-0.3, -0.25) is 4.57 Å². The van der Waals surface area contributed by atoms with Gasteiger partial charge in [0.25, 0.3) is 0 Å². The fourth-order valence-corrected chi connectivity index (χ4v) is 3.28. The number of alkyl halides is 3. The SMILES string of the molecule is N#Cn1nnc(N2C=NC3c4ccccc4-n4cncc4N32)c1C(F)(F)F. The Morgan fingerprint density at radius 3 is 2.78 bits per heavy atom. The molecule has 0 bridgehead atoms. The summed E-state index contributed by atoms with van der Waals surface area (Å²) < 4.78 is 42.5. The van der Waals surface area contributed by atoms with Gasteiger partial charge in [0.15, 0.2) is 12.0 Å². The van der Waals surface area contributed by atoms with Crippen LogP contribution in [-0.2, 0) is 6.18 Å². The average molecular weight is 371 g/mol. The van der Waals surface area contributed by atoms with Gasteiger partial charge in [-0.25, -0.2) is 20.0 Å². The van der Waals surface area contributed by atoms with Crippen LogP contribution in [0.1, 0.15) is 17.4 Å². The van der Waals surface area contributed by atoms with E-state index in [1.165, 1.54) is 23.7 Å². The quantitative estimate of drug-likeness (QED) is 0.651. The minimum atomic E-state index is -4.82. The lowest BCUT2D eigenvalue weighted by atomic mass is 10.1. The first-order valence-corrected chi connectivity index (χ1v) is 7.67. The van der Waals surface area contributed by atoms with Crippen LogP contribution in [0.2, 0.25) is 0 Å².